The minimum Gasteiger partial charge on any atom is -0.310 e. The molecule has 1 saturated heterocycles. The van der Waals surface area contributed by atoms with Crippen LogP contribution >= 0.6 is 0 Å². The van der Waals surface area contributed by atoms with Crippen molar-refractivity contribution in [1.29, 1.82) is 0 Å². The van der Waals surface area contributed by atoms with Crippen molar-refractivity contribution < 1.29 is 16.8 Å². The molecular weight excluding hydrogens is 324 g/mol. The van der Waals surface area contributed by atoms with Gasteiger partial charge in [0.15, 0.2) is 19.7 Å². The molecule has 0 aliphatic carbocycles. The van der Waals surface area contributed by atoms with Crippen LogP contribution in [0.4, 0.5) is 0 Å². The van der Waals surface area contributed by atoms with Crippen LogP contribution in [-0.4, -0.2) is 71.7 Å². The van der Waals surface area contributed by atoms with Gasteiger partial charge in [-0.25, -0.2) is 16.8 Å². The molecule has 1 heterocycles. The molecule has 0 unspecified atom stereocenters. The molecule has 6 nitrogen and oxygen atoms in total. The van der Waals surface area contributed by atoms with E-state index in [-0.39, 0.29) is 16.4 Å². The van der Waals surface area contributed by atoms with E-state index in [9.17, 15) is 16.8 Å². The third-order valence-electron chi connectivity index (χ3n) is 3.74. The van der Waals surface area contributed by atoms with Gasteiger partial charge in [-0.3, -0.25) is 0 Å². The largest absolute Gasteiger partial charge is 0.310 e. The lowest BCUT2D eigenvalue weighted by Crippen LogP contribution is -2.45. The van der Waals surface area contributed by atoms with E-state index >= 15 is 0 Å². The van der Waals surface area contributed by atoms with Crippen LogP contribution < -0.4 is 5.32 Å². The van der Waals surface area contributed by atoms with Crippen molar-refractivity contribution in [2.75, 3.05) is 38.7 Å². The van der Waals surface area contributed by atoms with Gasteiger partial charge in [0.1, 0.15) is 0 Å². The highest BCUT2D eigenvalue weighted by Crippen LogP contribution is 2.25. The van der Waals surface area contributed by atoms with Gasteiger partial charge < -0.3 is 10.2 Å². The normalized spacial score (nSPS) is 24.7. The van der Waals surface area contributed by atoms with Crippen LogP contribution in [-0.2, 0) is 19.7 Å². The maximum Gasteiger partial charge on any atom is 0.183 e. The molecule has 0 amide bonds. The predicted molar refractivity (Wildman–Crippen MR) is 86.4 cm³/mol. The first-order valence-electron chi connectivity index (χ1n) is 7.10. The van der Waals surface area contributed by atoms with E-state index in [0.29, 0.717) is 13.1 Å². The first-order valence-corrected chi connectivity index (χ1v) is 10.5. The number of sulfone groups is 2. The molecule has 0 aromatic heterocycles. The first kappa shape index (κ1) is 17.4. The molecule has 22 heavy (non-hydrogen) atoms. The summed E-state index contributed by atoms with van der Waals surface area (Å²) in [6, 6.07) is 7.48. The average molecular weight is 346 g/mol. The van der Waals surface area contributed by atoms with E-state index in [4.69, 9.17) is 0 Å². The van der Waals surface area contributed by atoms with Crippen molar-refractivity contribution in [3.05, 3.63) is 30.3 Å². The molecule has 2 rings (SSSR count). The van der Waals surface area contributed by atoms with Gasteiger partial charge in [0, 0.05) is 19.1 Å². The maximum atomic E-state index is 12.7. The second-order valence-electron chi connectivity index (χ2n) is 5.84. The van der Waals surface area contributed by atoms with Gasteiger partial charge in [0.25, 0.3) is 0 Å². The zero-order valence-electron chi connectivity index (χ0n) is 12.8. The van der Waals surface area contributed by atoms with Gasteiger partial charge in [-0.15, -0.1) is 0 Å². The number of likely N-dealkylation sites (N-methyl/N-ethyl adjacent to an activating group) is 1. The zero-order valence-corrected chi connectivity index (χ0v) is 14.4. The predicted octanol–water partition coefficient (Wildman–Crippen LogP) is -0.223. The van der Waals surface area contributed by atoms with Crippen molar-refractivity contribution in [2.45, 2.75) is 16.2 Å². The fraction of sp³-hybridized carbons (Fsp3) is 0.571. The number of rotatable bonds is 6. The number of hydrogen-bond donors (Lipinski definition) is 1. The van der Waals surface area contributed by atoms with Gasteiger partial charge in [0.2, 0.25) is 0 Å². The summed E-state index contributed by atoms with van der Waals surface area (Å²) in [4.78, 5) is 2.13. The van der Waals surface area contributed by atoms with Crippen molar-refractivity contribution in [3.63, 3.8) is 0 Å². The Morgan fingerprint density at radius 1 is 1.18 bits per heavy atom. The van der Waals surface area contributed by atoms with Crippen LogP contribution in [0.3, 0.4) is 0 Å². The Labute approximate surface area is 132 Å². The van der Waals surface area contributed by atoms with Gasteiger partial charge >= 0.3 is 0 Å². The fourth-order valence-corrected chi connectivity index (χ4v) is 7.31. The number of benzene rings is 1. The summed E-state index contributed by atoms with van der Waals surface area (Å²) in [7, 11) is -3.19. The molecule has 1 N–H and O–H groups in total. The average Bonchev–Trinajstić information content (AvgIpc) is 2.75. The molecule has 1 fully saturated rings. The minimum atomic E-state index is -3.66. The second-order valence-corrected chi connectivity index (χ2v) is 10.2. The van der Waals surface area contributed by atoms with Gasteiger partial charge in [-0.2, -0.15) is 0 Å². The van der Waals surface area contributed by atoms with E-state index < -0.39 is 31.0 Å². The van der Waals surface area contributed by atoms with E-state index in [2.05, 4.69) is 5.32 Å². The maximum absolute atomic E-state index is 12.7. The van der Waals surface area contributed by atoms with E-state index in [1.165, 1.54) is 12.1 Å². The summed E-state index contributed by atoms with van der Waals surface area (Å²) in [6.07, 6.45) is 0. The van der Waals surface area contributed by atoms with Crippen LogP contribution in [0.25, 0.3) is 0 Å². The highest BCUT2D eigenvalue weighted by atomic mass is 32.2. The van der Waals surface area contributed by atoms with E-state index in [0.717, 1.165) is 0 Å². The molecule has 2 atom stereocenters. The Hall–Kier alpha value is -0.960. The molecule has 1 aromatic rings. The highest BCUT2D eigenvalue weighted by Gasteiger charge is 2.45. The Morgan fingerprint density at radius 2 is 1.82 bits per heavy atom. The monoisotopic (exact) mass is 346 g/mol. The van der Waals surface area contributed by atoms with E-state index in [1.807, 2.05) is 19.0 Å². The SMILES string of the molecule is CN(C)CCN[C@H]1CS(=O)(=O)C[C@@H]1S(=O)(=O)c1ccccc1. The number of nitrogens with one attached hydrogen (secondary N) is 1. The molecule has 0 bridgehead atoms. The van der Waals surface area contributed by atoms with Gasteiger partial charge in [0.05, 0.1) is 21.7 Å². The molecule has 1 aliphatic heterocycles. The Morgan fingerprint density at radius 3 is 2.41 bits per heavy atom. The van der Waals surface area contributed by atoms with Crippen LogP contribution in [0.2, 0.25) is 0 Å². The third kappa shape index (κ3) is 4.07. The summed E-state index contributed by atoms with van der Waals surface area (Å²) in [5.74, 6) is -0.443. The van der Waals surface area contributed by atoms with Crippen molar-refractivity contribution >= 4 is 19.7 Å². The summed E-state index contributed by atoms with van der Waals surface area (Å²) in [5, 5.41) is 2.17. The fourth-order valence-electron chi connectivity index (χ4n) is 2.57. The molecular formula is C14H22N2O4S2. The lowest BCUT2D eigenvalue weighted by atomic mass is 10.2. The Bertz CT molecular complexity index is 700. The Balaban J connectivity index is 2.22. The molecule has 0 radical (unpaired) electrons. The van der Waals surface area contributed by atoms with E-state index in [1.54, 1.807) is 18.2 Å². The molecule has 0 saturated carbocycles. The van der Waals surface area contributed by atoms with Gasteiger partial charge in [-0.05, 0) is 26.2 Å². The standard InChI is InChI=1S/C14H22N2O4S2/c1-16(2)9-8-15-13-10-21(17,18)11-14(13)22(19,20)12-6-4-3-5-7-12/h3-7,13-15H,8-11H2,1-2H3/t13-,14-/m0/s1. The quantitative estimate of drug-likeness (QED) is 0.767. The van der Waals surface area contributed by atoms with Crippen molar-refractivity contribution in [1.82, 2.24) is 10.2 Å². The molecule has 0 spiro atoms. The summed E-state index contributed by atoms with van der Waals surface area (Å²) >= 11 is 0. The minimum absolute atomic E-state index is 0.128. The number of hydrogen-bond acceptors (Lipinski definition) is 6. The van der Waals surface area contributed by atoms with Crippen LogP contribution in [0.5, 0.6) is 0 Å². The van der Waals surface area contributed by atoms with Crippen LogP contribution in [0.15, 0.2) is 35.2 Å². The van der Waals surface area contributed by atoms with Crippen molar-refractivity contribution in [2.24, 2.45) is 0 Å². The third-order valence-corrected chi connectivity index (χ3v) is 7.90. The number of nitrogens with zero attached hydrogens (tertiary/aromatic N) is 1. The first-order chi connectivity index (χ1) is 10.2. The lowest BCUT2D eigenvalue weighted by molar-refractivity contribution is 0.388. The molecule has 124 valence electrons. The summed E-state index contributed by atoms with van der Waals surface area (Å²) in [5.41, 5.74) is 0. The van der Waals surface area contributed by atoms with Crippen molar-refractivity contribution in [3.8, 4) is 0 Å². The zero-order chi connectivity index (χ0) is 16.4. The summed E-state index contributed by atoms with van der Waals surface area (Å²) in [6.45, 7) is 1.27. The summed E-state index contributed by atoms with van der Waals surface area (Å²) < 4.78 is 49.3. The highest BCUT2D eigenvalue weighted by molar-refractivity contribution is 7.96. The van der Waals surface area contributed by atoms with Gasteiger partial charge in [-0.1, -0.05) is 18.2 Å². The lowest BCUT2D eigenvalue weighted by Gasteiger charge is -2.21. The smallest absolute Gasteiger partial charge is 0.183 e. The molecule has 8 heteroatoms. The topological polar surface area (TPSA) is 83.6 Å². The second kappa shape index (κ2) is 6.66. The van der Waals surface area contributed by atoms with Crippen LogP contribution in [0.1, 0.15) is 0 Å². The Kier molecular flexibility index (Phi) is 5.26. The molecule has 1 aromatic carbocycles. The molecule has 1 aliphatic rings. The van der Waals surface area contributed by atoms with Crippen LogP contribution in [0, 0.1) is 0 Å².